The average molecular weight is 455 g/mol. The molecule has 1 fully saturated rings. The van der Waals surface area contributed by atoms with Crippen LogP contribution in [0.25, 0.3) is 0 Å². The highest BCUT2D eigenvalue weighted by atomic mass is 16.5. The van der Waals surface area contributed by atoms with Gasteiger partial charge in [0.15, 0.2) is 0 Å². The molecule has 3 rings (SSSR count). The van der Waals surface area contributed by atoms with Crippen LogP contribution in [0.5, 0.6) is 5.75 Å². The first kappa shape index (κ1) is 24.1. The van der Waals surface area contributed by atoms with Gasteiger partial charge in [0, 0.05) is 44.0 Å². The summed E-state index contributed by atoms with van der Waals surface area (Å²) in [6, 6.07) is 12.2. The molecule has 2 aromatic rings. The van der Waals surface area contributed by atoms with Gasteiger partial charge in [0.25, 0.3) is 0 Å². The summed E-state index contributed by atoms with van der Waals surface area (Å²) >= 11 is 0. The van der Waals surface area contributed by atoms with E-state index in [0.29, 0.717) is 35.9 Å². The Balaban J connectivity index is 1.73. The third-order valence-corrected chi connectivity index (χ3v) is 5.70. The first-order valence-corrected chi connectivity index (χ1v) is 10.8. The fraction of sp³-hybridized carbons (Fsp3) is 0.375. The summed E-state index contributed by atoms with van der Waals surface area (Å²) in [5.41, 5.74) is 2.79. The number of ether oxygens (including phenoxy) is 1. The molecule has 176 valence electrons. The van der Waals surface area contributed by atoms with E-state index in [9.17, 15) is 14.4 Å². The molecule has 1 aliphatic heterocycles. The molecule has 0 aliphatic carbocycles. The predicted octanol–water partition coefficient (Wildman–Crippen LogP) is 3.55. The van der Waals surface area contributed by atoms with Gasteiger partial charge in [-0.25, -0.2) is 4.79 Å². The van der Waals surface area contributed by atoms with Gasteiger partial charge < -0.3 is 30.3 Å². The van der Waals surface area contributed by atoms with Crippen molar-refractivity contribution in [1.82, 2.24) is 4.90 Å². The summed E-state index contributed by atoms with van der Waals surface area (Å²) < 4.78 is 5.48. The number of carbonyl (C=O) groups excluding carboxylic acids is 2. The number of methoxy groups -OCH3 is 1. The number of aliphatic carboxylic acids is 1. The van der Waals surface area contributed by atoms with E-state index in [1.807, 2.05) is 31.2 Å². The number of anilines is 3. The Hall–Kier alpha value is -3.59. The standard InChI is InChI=1S/C24H30N4O5/c1-16-6-4-5-7-20(16)25-24(32)26-21-9-8-18(14-22(21)33-3)28(17(2)29)19-10-12-27(15-19)13-11-23(30)31/h4-9,14,19H,10-13,15H2,1-3H3,(H,30,31)(H2,25,26,32). The third kappa shape index (κ3) is 6.23. The Morgan fingerprint density at radius 2 is 1.88 bits per heavy atom. The molecule has 0 spiro atoms. The number of aryl methyl sites for hydroxylation is 1. The molecule has 1 atom stereocenters. The van der Waals surface area contributed by atoms with Gasteiger partial charge in [-0.3, -0.25) is 9.59 Å². The zero-order chi connectivity index (χ0) is 24.0. The summed E-state index contributed by atoms with van der Waals surface area (Å²) in [4.78, 5) is 39.6. The minimum Gasteiger partial charge on any atom is -0.494 e. The van der Waals surface area contributed by atoms with E-state index in [4.69, 9.17) is 9.84 Å². The molecule has 1 unspecified atom stereocenters. The number of carboxylic acids is 1. The van der Waals surface area contributed by atoms with E-state index in [-0.39, 0.29) is 18.4 Å². The van der Waals surface area contributed by atoms with E-state index in [2.05, 4.69) is 15.5 Å². The normalized spacial score (nSPS) is 15.7. The first-order valence-electron chi connectivity index (χ1n) is 10.8. The maximum absolute atomic E-state index is 12.5. The van der Waals surface area contributed by atoms with Crippen LogP contribution >= 0.6 is 0 Å². The number of carboxylic acid groups (broad SMARTS) is 1. The lowest BCUT2D eigenvalue weighted by Gasteiger charge is -2.29. The first-order chi connectivity index (χ1) is 15.8. The molecule has 1 aliphatic rings. The number of benzene rings is 2. The number of para-hydroxylation sites is 1. The van der Waals surface area contributed by atoms with Crippen molar-refractivity contribution in [3.05, 3.63) is 48.0 Å². The fourth-order valence-corrected chi connectivity index (χ4v) is 4.05. The number of nitrogens with one attached hydrogen (secondary N) is 2. The van der Waals surface area contributed by atoms with Crippen LogP contribution in [0.2, 0.25) is 0 Å². The average Bonchev–Trinajstić information content (AvgIpc) is 3.23. The highest BCUT2D eigenvalue weighted by molar-refractivity contribution is 6.01. The van der Waals surface area contributed by atoms with Crippen molar-refractivity contribution in [3.8, 4) is 5.75 Å². The van der Waals surface area contributed by atoms with Gasteiger partial charge in [-0.05, 0) is 37.1 Å². The minimum absolute atomic E-state index is 0.0656. The summed E-state index contributed by atoms with van der Waals surface area (Å²) in [6.45, 7) is 5.21. The van der Waals surface area contributed by atoms with Crippen molar-refractivity contribution in [2.45, 2.75) is 32.7 Å². The monoisotopic (exact) mass is 454 g/mol. The molecule has 1 heterocycles. The summed E-state index contributed by atoms with van der Waals surface area (Å²) in [6.07, 6.45) is 0.825. The molecule has 1 saturated heterocycles. The molecular formula is C24H30N4O5. The van der Waals surface area contributed by atoms with Crippen LogP contribution in [0.3, 0.4) is 0 Å². The number of nitrogens with zero attached hydrogens (tertiary/aromatic N) is 2. The van der Waals surface area contributed by atoms with E-state index >= 15 is 0 Å². The highest BCUT2D eigenvalue weighted by Gasteiger charge is 2.30. The zero-order valence-electron chi connectivity index (χ0n) is 19.1. The lowest BCUT2D eigenvalue weighted by atomic mass is 10.1. The van der Waals surface area contributed by atoms with Crippen molar-refractivity contribution in [2.75, 3.05) is 42.3 Å². The van der Waals surface area contributed by atoms with Crippen molar-refractivity contribution < 1.29 is 24.2 Å². The Kier molecular flexibility index (Phi) is 7.89. The van der Waals surface area contributed by atoms with Gasteiger partial charge >= 0.3 is 12.0 Å². The summed E-state index contributed by atoms with van der Waals surface area (Å²) in [5, 5.41) is 14.5. The smallest absolute Gasteiger partial charge is 0.323 e. The lowest BCUT2D eigenvalue weighted by molar-refractivity contribution is -0.137. The summed E-state index contributed by atoms with van der Waals surface area (Å²) in [5.74, 6) is -0.513. The lowest BCUT2D eigenvalue weighted by Crippen LogP contribution is -2.41. The van der Waals surface area contributed by atoms with Crippen molar-refractivity contribution in [2.24, 2.45) is 0 Å². The van der Waals surface area contributed by atoms with E-state index < -0.39 is 12.0 Å². The molecule has 9 heteroatoms. The van der Waals surface area contributed by atoms with Gasteiger partial charge in [0.1, 0.15) is 5.75 Å². The van der Waals surface area contributed by atoms with Crippen molar-refractivity contribution in [1.29, 1.82) is 0 Å². The van der Waals surface area contributed by atoms with E-state index in [1.165, 1.54) is 14.0 Å². The van der Waals surface area contributed by atoms with Gasteiger partial charge in [0.05, 0.1) is 25.3 Å². The molecule has 3 amide bonds. The topological polar surface area (TPSA) is 111 Å². The van der Waals surface area contributed by atoms with Crippen molar-refractivity contribution in [3.63, 3.8) is 0 Å². The van der Waals surface area contributed by atoms with Crippen LogP contribution in [-0.2, 0) is 9.59 Å². The molecule has 0 radical (unpaired) electrons. The SMILES string of the molecule is COc1cc(N(C(C)=O)C2CCN(CCC(=O)O)C2)ccc1NC(=O)Nc1ccccc1C. The fourth-order valence-electron chi connectivity index (χ4n) is 4.05. The maximum Gasteiger partial charge on any atom is 0.323 e. The van der Waals surface area contributed by atoms with Crippen molar-refractivity contribution >= 4 is 35.0 Å². The Labute approximate surface area is 193 Å². The Morgan fingerprint density at radius 3 is 2.55 bits per heavy atom. The molecule has 3 N–H and O–H groups in total. The summed E-state index contributed by atoms with van der Waals surface area (Å²) in [7, 11) is 1.50. The number of hydrogen-bond donors (Lipinski definition) is 3. The van der Waals surface area contributed by atoms with Gasteiger partial charge in [-0.15, -0.1) is 0 Å². The van der Waals surface area contributed by atoms with Crippen LogP contribution < -0.4 is 20.3 Å². The largest absolute Gasteiger partial charge is 0.494 e. The number of likely N-dealkylation sites (tertiary alicyclic amines) is 1. The van der Waals surface area contributed by atoms with Gasteiger partial charge in [0.2, 0.25) is 5.91 Å². The second-order valence-corrected chi connectivity index (χ2v) is 8.05. The predicted molar refractivity (Wildman–Crippen MR) is 127 cm³/mol. The molecule has 0 aromatic heterocycles. The highest BCUT2D eigenvalue weighted by Crippen LogP contribution is 2.32. The second-order valence-electron chi connectivity index (χ2n) is 8.05. The number of amides is 3. The quantitative estimate of drug-likeness (QED) is 0.563. The van der Waals surface area contributed by atoms with Crippen LogP contribution in [0, 0.1) is 6.92 Å². The van der Waals surface area contributed by atoms with Crippen LogP contribution in [0.4, 0.5) is 21.9 Å². The molecule has 0 bridgehead atoms. The Morgan fingerprint density at radius 1 is 1.15 bits per heavy atom. The van der Waals surface area contributed by atoms with Crippen LogP contribution in [0.1, 0.15) is 25.3 Å². The zero-order valence-corrected chi connectivity index (χ0v) is 19.1. The van der Waals surface area contributed by atoms with Crippen LogP contribution in [-0.4, -0.2) is 60.7 Å². The number of hydrogen-bond acceptors (Lipinski definition) is 5. The number of rotatable bonds is 8. The number of urea groups is 1. The molecule has 33 heavy (non-hydrogen) atoms. The molecule has 0 saturated carbocycles. The Bertz CT molecular complexity index is 1030. The number of carbonyl (C=O) groups is 3. The van der Waals surface area contributed by atoms with E-state index in [0.717, 1.165) is 18.5 Å². The molecule has 2 aromatic carbocycles. The second kappa shape index (κ2) is 10.8. The van der Waals surface area contributed by atoms with Crippen LogP contribution in [0.15, 0.2) is 42.5 Å². The maximum atomic E-state index is 12.5. The van der Waals surface area contributed by atoms with Gasteiger partial charge in [-0.1, -0.05) is 18.2 Å². The molecular weight excluding hydrogens is 424 g/mol. The van der Waals surface area contributed by atoms with Gasteiger partial charge in [-0.2, -0.15) is 0 Å². The third-order valence-electron chi connectivity index (χ3n) is 5.70. The van der Waals surface area contributed by atoms with E-state index in [1.54, 1.807) is 23.1 Å². The molecule has 9 nitrogen and oxygen atoms in total. The minimum atomic E-state index is -0.832.